The van der Waals surface area contributed by atoms with Gasteiger partial charge in [-0.3, -0.25) is 0 Å². The molecular formula is C13H12FN3. The van der Waals surface area contributed by atoms with Gasteiger partial charge in [0.2, 0.25) is 0 Å². The molecular weight excluding hydrogens is 217 g/mol. The molecule has 0 radical (unpaired) electrons. The maximum atomic E-state index is 13.7. The number of nitrogen functional groups attached to an aromatic ring is 1. The first-order valence-corrected chi connectivity index (χ1v) is 5.63. The van der Waals surface area contributed by atoms with Gasteiger partial charge in [-0.2, -0.15) is 5.10 Å². The number of nitrogens with zero attached hydrogens (tertiary/aromatic N) is 2. The molecule has 4 heteroatoms. The van der Waals surface area contributed by atoms with Crippen LogP contribution in [0.2, 0.25) is 0 Å². The van der Waals surface area contributed by atoms with E-state index in [1.165, 1.54) is 6.07 Å². The lowest BCUT2D eigenvalue weighted by Crippen LogP contribution is -2.00. The van der Waals surface area contributed by atoms with Crippen molar-refractivity contribution >= 4 is 5.82 Å². The highest BCUT2D eigenvalue weighted by Crippen LogP contribution is 2.40. The number of hydrogen-bond donors (Lipinski definition) is 1. The molecule has 1 aliphatic rings. The van der Waals surface area contributed by atoms with Crippen LogP contribution in [0.5, 0.6) is 0 Å². The SMILES string of the molecule is Nc1nnc(C2CC2)cc1-c1ccccc1F. The van der Waals surface area contributed by atoms with Crippen LogP contribution in [0, 0.1) is 5.82 Å². The van der Waals surface area contributed by atoms with Gasteiger partial charge in [-0.05, 0) is 25.0 Å². The van der Waals surface area contributed by atoms with E-state index < -0.39 is 0 Å². The van der Waals surface area contributed by atoms with E-state index in [0.717, 1.165) is 18.5 Å². The van der Waals surface area contributed by atoms with Gasteiger partial charge in [0, 0.05) is 17.0 Å². The Morgan fingerprint density at radius 1 is 1.12 bits per heavy atom. The van der Waals surface area contributed by atoms with Crippen LogP contribution in [0.15, 0.2) is 30.3 Å². The quantitative estimate of drug-likeness (QED) is 0.861. The summed E-state index contributed by atoms with van der Waals surface area (Å²) in [6, 6.07) is 8.43. The van der Waals surface area contributed by atoms with Crippen molar-refractivity contribution in [1.82, 2.24) is 10.2 Å². The summed E-state index contributed by atoms with van der Waals surface area (Å²) >= 11 is 0. The lowest BCUT2D eigenvalue weighted by atomic mass is 10.0. The number of nitrogens with two attached hydrogens (primary N) is 1. The standard InChI is InChI=1S/C13H12FN3/c14-11-4-2-1-3-9(11)10-7-12(8-5-6-8)16-17-13(10)15/h1-4,7-8H,5-6H2,(H2,15,17). The molecule has 0 atom stereocenters. The van der Waals surface area contributed by atoms with Gasteiger partial charge in [0.25, 0.3) is 0 Å². The van der Waals surface area contributed by atoms with Crippen LogP contribution in [-0.4, -0.2) is 10.2 Å². The van der Waals surface area contributed by atoms with Crippen molar-refractivity contribution < 1.29 is 4.39 Å². The Hall–Kier alpha value is -1.97. The van der Waals surface area contributed by atoms with E-state index in [1.807, 2.05) is 6.07 Å². The van der Waals surface area contributed by atoms with Crippen molar-refractivity contribution in [3.05, 3.63) is 41.8 Å². The zero-order valence-corrected chi connectivity index (χ0v) is 9.23. The van der Waals surface area contributed by atoms with Crippen molar-refractivity contribution in [2.75, 3.05) is 5.73 Å². The summed E-state index contributed by atoms with van der Waals surface area (Å²) in [5.41, 5.74) is 7.81. The minimum Gasteiger partial charge on any atom is -0.382 e. The van der Waals surface area contributed by atoms with Gasteiger partial charge < -0.3 is 5.73 Å². The third-order valence-corrected chi connectivity index (χ3v) is 3.00. The van der Waals surface area contributed by atoms with E-state index >= 15 is 0 Å². The fourth-order valence-corrected chi connectivity index (χ4v) is 1.89. The largest absolute Gasteiger partial charge is 0.382 e. The first-order valence-electron chi connectivity index (χ1n) is 5.63. The molecule has 1 aromatic carbocycles. The Morgan fingerprint density at radius 3 is 2.59 bits per heavy atom. The molecule has 0 amide bonds. The fourth-order valence-electron chi connectivity index (χ4n) is 1.89. The lowest BCUT2D eigenvalue weighted by Gasteiger charge is -2.07. The molecule has 0 spiro atoms. The fraction of sp³-hybridized carbons (Fsp3) is 0.231. The van der Waals surface area contributed by atoms with E-state index in [4.69, 9.17) is 5.73 Å². The smallest absolute Gasteiger partial charge is 0.154 e. The average Bonchev–Trinajstić information content (AvgIpc) is 3.15. The minimum atomic E-state index is -0.283. The molecule has 0 saturated heterocycles. The highest BCUT2D eigenvalue weighted by Gasteiger charge is 2.26. The molecule has 1 aliphatic carbocycles. The molecule has 0 unspecified atom stereocenters. The molecule has 3 nitrogen and oxygen atoms in total. The average molecular weight is 229 g/mol. The second-order valence-electron chi connectivity index (χ2n) is 4.32. The third-order valence-electron chi connectivity index (χ3n) is 3.00. The monoisotopic (exact) mass is 229 g/mol. The van der Waals surface area contributed by atoms with E-state index in [2.05, 4.69) is 10.2 Å². The number of aromatic nitrogens is 2. The topological polar surface area (TPSA) is 51.8 Å². The second-order valence-corrected chi connectivity index (χ2v) is 4.32. The van der Waals surface area contributed by atoms with Crippen LogP contribution < -0.4 is 5.73 Å². The summed E-state index contributed by atoms with van der Waals surface area (Å²) in [5.74, 6) is 0.474. The molecule has 1 saturated carbocycles. The maximum Gasteiger partial charge on any atom is 0.154 e. The van der Waals surface area contributed by atoms with Crippen LogP contribution in [0.3, 0.4) is 0 Å². The normalized spacial score (nSPS) is 14.9. The van der Waals surface area contributed by atoms with Gasteiger partial charge in [-0.25, -0.2) is 4.39 Å². The van der Waals surface area contributed by atoms with Gasteiger partial charge in [-0.1, -0.05) is 18.2 Å². The summed E-state index contributed by atoms with van der Waals surface area (Å²) < 4.78 is 13.7. The van der Waals surface area contributed by atoms with Crippen molar-refractivity contribution in [2.45, 2.75) is 18.8 Å². The first kappa shape index (κ1) is 10.2. The summed E-state index contributed by atoms with van der Waals surface area (Å²) in [4.78, 5) is 0. The molecule has 0 aliphatic heterocycles. The molecule has 1 fully saturated rings. The van der Waals surface area contributed by atoms with E-state index in [1.54, 1.807) is 18.2 Å². The summed E-state index contributed by atoms with van der Waals surface area (Å²) in [7, 11) is 0. The highest BCUT2D eigenvalue weighted by molar-refractivity contribution is 5.74. The van der Waals surface area contributed by atoms with Gasteiger partial charge in [0.15, 0.2) is 5.82 Å². The van der Waals surface area contributed by atoms with Crippen LogP contribution >= 0.6 is 0 Å². The molecule has 86 valence electrons. The predicted molar refractivity (Wildman–Crippen MR) is 63.8 cm³/mol. The Bertz CT molecular complexity index is 564. The molecule has 3 rings (SSSR count). The minimum absolute atomic E-state index is 0.277. The Kier molecular flexibility index (Phi) is 2.28. The lowest BCUT2D eigenvalue weighted by molar-refractivity contribution is 0.631. The molecule has 17 heavy (non-hydrogen) atoms. The van der Waals surface area contributed by atoms with E-state index in [0.29, 0.717) is 17.0 Å². The molecule has 0 bridgehead atoms. The van der Waals surface area contributed by atoms with Crippen molar-refractivity contribution in [1.29, 1.82) is 0 Å². The predicted octanol–water partition coefficient (Wildman–Crippen LogP) is 2.74. The van der Waals surface area contributed by atoms with Crippen molar-refractivity contribution in [3.8, 4) is 11.1 Å². The van der Waals surface area contributed by atoms with E-state index in [-0.39, 0.29) is 11.6 Å². The summed E-state index contributed by atoms with van der Waals surface area (Å²) in [6.07, 6.45) is 2.27. The molecule has 2 N–H and O–H groups in total. The number of anilines is 1. The van der Waals surface area contributed by atoms with Gasteiger partial charge in [-0.15, -0.1) is 5.10 Å². The number of halogens is 1. The van der Waals surface area contributed by atoms with Crippen LogP contribution in [0.4, 0.5) is 10.2 Å². The van der Waals surface area contributed by atoms with Crippen LogP contribution in [0.25, 0.3) is 11.1 Å². The Morgan fingerprint density at radius 2 is 1.88 bits per heavy atom. The Labute approximate surface area is 98.5 Å². The zero-order chi connectivity index (χ0) is 11.8. The summed E-state index contributed by atoms with van der Waals surface area (Å²) in [6.45, 7) is 0. The third kappa shape index (κ3) is 1.86. The highest BCUT2D eigenvalue weighted by atomic mass is 19.1. The van der Waals surface area contributed by atoms with Crippen molar-refractivity contribution in [3.63, 3.8) is 0 Å². The number of benzene rings is 1. The second kappa shape index (κ2) is 3.80. The molecule has 1 aromatic heterocycles. The summed E-state index contributed by atoms with van der Waals surface area (Å²) in [5, 5.41) is 7.98. The zero-order valence-electron chi connectivity index (χ0n) is 9.23. The first-order chi connectivity index (χ1) is 8.25. The van der Waals surface area contributed by atoms with Gasteiger partial charge in [0.05, 0.1) is 5.69 Å². The van der Waals surface area contributed by atoms with E-state index in [9.17, 15) is 4.39 Å². The maximum absolute atomic E-state index is 13.7. The number of rotatable bonds is 2. The van der Waals surface area contributed by atoms with Gasteiger partial charge >= 0.3 is 0 Å². The van der Waals surface area contributed by atoms with Crippen LogP contribution in [0.1, 0.15) is 24.5 Å². The van der Waals surface area contributed by atoms with Gasteiger partial charge in [0.1, 0.15) is 5.82 Å². The number of hydrogen-bond acceptors (Lipinski definition) is 3. The molecule has 2 aromatic rings. The molecule has 1 heterocycles. The Balaban J connectivity index is 2.12. The van der Waals surface area contributed by atoms with Crippen LogP contribution in [-0.2, 0) is 0 Å². The van der Waals surface area contributed by atoms with Crippen molar-refractivity contribution in [2.24, 2.45) is 0 Å².